The fourth-order valence-corrected chi connectivity index (χ4v) is 5.65. The number of likely N-dealkylation sites (N-methyl/N-ethyl adjacent to an activating group) is 1. The Balaban J connectivity index is 2.04. The van der Waals surface area contributed by atoms with Crippen LogP contribution >= 0.6 is 11.3 Å². The Kier molecular flexibility index (Phi) is 12.2. The number of nitrogens with zero attached hydrogens (tertiary/aromatic N) is 3. The number of carbonyl (C=O) groups excluding carboxylic acids is 1. The number of nitrogens with one attached hydrogen (secondary N) is 1. The number of rotatable bonds is 15. The molecule has 2 N–H and O–H groups in total. The predicted octanol–water partition coefficient (Wildman–Crippen LogP) is 8.24. The number of hydrogen-bond acceptors (Lipinski definition) is 7. The van der Waals surface area contributed by atoms with E-state index in [4.69, 9.17) is 4.74 Å². The number of alkyl halides is 3. The lowest BCUT2D eigenvalue weighted by molar-refractivity contribution is -0.148. The molecule has 0 radical (unpaired) electrons. The van der Waals surface area contributed by atoms with Gasteiger partial charge in [-0.2, -0.15) is 17.6 Å². The van der Waals surface area contributed by atoms with Crippen molar-refractivity contribution in [1.29, 1.82) is 0 Å². The molecule has 0 saturated carbocycles. The average molecular weight is 639 g/mol. The number of unbranched alkanes of at least 4 members (excludes halogenated alkanes) is 5. The third kappa shape index (κ3) is 8.32. The quantitative estimate of drug-likeness (QED) is 0.128. The number of ether oxygens (including phenoxy) is 1. The van der Waals surface area contributed by atoms with E-state index in [1.54, 1.807) is 26.0 Å². The van der Waals surface area contributed by atoms with Gasteiger partial charge in [-0.3, -0.25) is 9.78 Å². The Morgan fingerprint density at radius 1 is 1.11 bits per heavy atom. The Labute approximate surface area is 258 Å². The van der Waals surface area contributed by atoms with Crippen LogP contribution in [-0.4, -0.2) is 46.3 Å². The Bertz CT molecular complexity index is 1400. The molecule has 1 aromatic carbocycles. The molecule has 0 bridgehead atoms. The number of pyridine rings is 1. The number of aliphatic carboxylic acids is 1. The summed E-state index contributed by atoms with van der Waals surface area (Å²) in [6, 6.07) is 6.57. The van der Waals surface area contributed by atoms with Crippen LogP contribution < -0.4 is 10.2 Å². The first-order valence-corrected chi connectivity index (χ1v) is 15.3. The largest absolute Gasteiger partial charge is 0.480 e. The van der Waals surface area contributed by atoms with E-state index >= 15 is 4.39 Å². The molecule has 2 aromatic heterocycles. The second kappa shape index (κ2) is 15.4. The number of thiazole rings is 1. The number of aromatic nitrogens is 2. The first-order chi connectivity index (χ1) is 20.9. The Morgan fingerprint density at radius 2 is 1.82 bits per heavy atom. The first-order valence-electron chi connectivity index (χ1n) is 14.5. The van der Waals surface area contributed by atoms with Crippen LogP contribution in [0, 0.1) is 11.0 Å². The minimum absolute atomic E-state index is 0.0753. The molecule has 1 amide bonds. The normalized spacial score (nSPS) is 13.1. The van der Waals surface area contributed by atoms with E-state index in [2.05, 4.69) is 22.2 Å². The van der Waals surface area contributed by atoms with Crippen LogP contribution in [0.3, 0.4) is 0 Å². The van der Waals surface area contributed by atoms with E-state index in [1.165, 1.54) is 31.6 Å². The lowest BCUT2D eigenvalue weighted by Crippen LogP contribution is -2.58. The van der Waals surface area contributed by atoms with Crippen molar-refractivity contribution >= 4 is 34.2 Å². The highest BCUT2D eigenvalue weighted by molar-refractivity contribution is 7.14. The first kappa shape index (κ1) is 34.9. The van der Waals surface area contributed by atoms with Crippen molar-refractivity contribution in [2.45, 2.75) is 77.4 Å². The van der Waals surface area contributed by atoms with Gasteiger partial charge in [-0.05, 0) is 55.6 Å². The van der Waals surface area contributed by atoms with Gasteiger partial charge >= 0.3 is 18.2 Å². The average Bonchev–Trinajstić information content (AvgIpc) is 3.36. The van der Waals surface area contributed by atoms with Crippen LogP contribution in [0.4, 0.5) is 33.2 Å². The maximum absolute atomic E-state index is 15.1. The molecule has 44 heavy (non-hydrogen) atoms. The number of anilines is 2. The predicted molar refractivity (Wildman–Crippen MR) is 162 cm³/mol. The van der Waals surface area contributed by atoms with Gasteiger partial charge in [-0.1, -0.05) is 70.3 Å². The number of halogens is 4. The molecule has 1 unspecified atom stereocenters. The summed E-state index contributed by atoms with van der Waals surface area (Å²) in [7, 11) is 1.40. The van der Waals surface area contributed by atoms with E-state index in [1.807, 2.05) is 0 Å². The molecule has 240 valence electrons. The highest BCUT2D eigenvalue weighted by Gasteiger charge is 2.43. The van der Waals surface area contributed by atoms with Crippen molar-refractivity contribution in [1.82, 2.24) is 15.3 Å². The highest BCUT2D eigenvalue weighted by atomic mass is 32.1. The molecule has 0 aliphatic rings. The molecule has 2 heterocycles. The second-order valence-electron chi connectivity index (χ2n) is 10.8. The second-order valence-corrected chi connectivity index (χ2v) is 11.7. The maximum atomic E-state index is 15.1. The third-order valence-corrected chi connectivity index (χ3v) is 8.41. The van der Waals surface area contributed by atoms with Crippen LogP contribution in [0.1, 0.15) is 70.4 Å². The molecule has 0 saturated heterocycles. The molecule has 13 heteroatoms. The summed E-state index contributed by atoms with van der Waals surface area (Å²) in [5, 5.41) is 11.5. The van der Waals surface area contributed by atoms with E-state index in [0.717, 1.165) is 43.1 Å². The molecule has 3 aromatic rings. The number of aryl methyl sites for hydroxylation is 1. The summed E-state index contributed by atoms with van der Waals surface area (Å²) >= 11 is 0.439. The Hall–Kier alpha value is -3.58. The zero-order valence-corrected chi connectivity index (χ0v) is 26.0. The molecule has 0 fully saturated rings. The number of carboxylic acids is 1. The smallest absolute Gasteiger partial charge is 0.420 e. The molecular formula is C31H38F4N4O4S. The summed E-state index contributed by atoms with van der Waals surface area (Å²) in [5.41, 5.74) is -2.64. The van der Waals surface area contributed by atoms with Gasteiger partial charge in [0, 0.05) is 18.0 Å². The van der Waals surface area contributed by atoms with Crippen LogP contribution in [-0.2, 0) is 22.1 Å². The van der Waals surface area contributed by atoms with Crippen molar-refractivity contribution in [2.75, 3.05) is 18.6 Å². The van der Waals surface area contributed by atoms with Crippen molar-refractivity contribution in [3.8, 4) is 11.3 Å². The van der Waals surface area contributed by atoms with Gasteiger partial charge < -0.3 is 15.2 Å². The summed E-state index contributed by atoms with van der Waals surface area (Å²) in [4.78, 5) is 34.6. The molecule has 0 aliphatic heterocycles. The molecule has 3 rings (SSSR count). The Morgan fingerprint density at radius 3 is 2.41 bits per heavy atom. The van der Waals surface area contributed by atoms with Crippen LogP contribution in [0.5, 0.6) is 0 Å². The highest BCUT2D eigenvalue weighted by Crippen LogP contribution is 2.40. The van der Waals surface area contributed by atoms with Gasteiger partial charge in [0.25, 0.3) is 0 Å². The van der Waals surface area contributed by atoms with E-state index in [-0.39, 0.29) is 28.5 Å². The van der Waals surface area contributed by atoms with Gasteiger partial charge in [-0.15, -0.1) is 0 Å². The third-order valence-electron chi connectivity index (χ3n) is 7.58. The van der Waals surface area contributed by atoms with E-state index < -0.39 is 47.0 Å². The van der Waals surface area contributed by atoms with Crippen molar-refractivity contribution in [2.24, 2.45) is 5.92 Å². The molecule has 0 spiro atoms. The fourth-order valence-electron chi connectivity index (χ4n) is 4.83. The molecule has 0 aliphatic carbocycles. The molecular weight excluding hydrogens is 600 g/mol. The zero-order chi connectivity index (χ0) is 32.5. The number of hydrogen-bond donors (Lipinski definition) is 2. The lowest BCUT2D eigenvalue weighted by Gasteiger charge is -2.33. The van der Waals surface area contributed by atoms with Crippen LogP contribution in [0.15, 0.2) is 42.7 Å². The standard InChI is InChI=1S/C31H38F4N4O4S/c1-5-6-7-8-9-10-12-21-14-15-23(17-24(21)31(33,34)35)39(29(42)43-19-30(36-4,20(2)3)27(40)41)28-38-25(26(32)44-28)22-13-11-16-37-18-22/h11,13-18,20,36H,5-10,12,19H2,1-4H3,(H,40,41). The van der Waals surface area contributed by atoms with Gasteiger partial charge in [0.1, 0.15) is 12.3 Å². The number of amides is 1. The van der Waals surface area contributed by atoms with Gasteiger partial charge in [0.05, 0.1) is 11.3 Å². The lowest BCUT2D eigenvalue weighted by atomic mass is 9.87. The van der Waals surface area contributed by atoms with E-state index in [9.17, 15) is 27.9 Å². The maximum Gasteiger partial charge on any atom is 0.420 e. The summed E-state index contributed by atoms with van der Waals surface area (Å²) in [5.74, 6) is -1.83. The van der Waals surface area contributed by atoms with Gasteiger partial charge in [0.2, 0.25) is 10.3 Å². The minimum Gasteiger partial charge on any atom is -0.480 e. The van der Waals surface area contributed by atoms with Crippen LogP contribution in [0.25, 0.3) is 11.3 Å². The van der Waals surface area contributed by atoms with Crippen molar-refractivity contribution < 1.29 is 37.0 Å². The van der Waals surface area contributed by atoms with Gasteiger partial charge in [0.15, 0.2) is 5.54 Å². The van der Waals surface area contributed by atoms with Crippen molar-refractivity contribution in [3.05, 3.63) is 59.0 Å². The van der Waals surface area contributed by atoms with E-state index in [0.29, 0.717) is 23.3 Å². The number of benzene rings is 1. The summed E-state index contributed by atoms with van der Waals surface area (Å²) < 4.78 is 63.5. The van der Waals surface area contributed by atoms with Crippen LogP contribution in [0.2, 0.25) is 0 Å². The monoisotopic (exact) mass is 638 g/mol. The molecule has 1 atom stereocenters. The van der Waals surface area contributed by atoms with Gasteiger partial charge in [-0.25, -0.2) is 14.7 Å². The summed E-state index contributed by atoms with van der Waals surface area (Å²) in [6.07, 6.45) is 2.55. The fraction of sp³-hybridized carbons (Fsp3) is 0.484. The number of carbonyl (C=O) groups is 2. The zero-order valence-electron chi connectivity index (χ0n) is 25.2. The summed E-state index contributed by atoms with van der Waals surface area (Å²) in [6.45, 7) is 4.66. The molecule has 8 nitrogen and oxygen atoms in total. The van der Waals surface area contributed by atoms with Crippen molar-refractivity contribution in [3.63, 3.8) is 0 Å². The topological polar surface area (TPSA) is 105 Å². The number of carboxylic acid groups (broad SMARTS) is 1. The minimum atomic E-state index is -4.74. The SMILES string of the molecule is CCCCCCCCc1ccc(N(C(=O)OCC(NC)(C(=O)O)C(C)C)c2nc(-c3cccnc3)c(F)s2)cc1C(F)(F)F.